The first-order chi connectivity index (χ1) is 14.4. The van der Waals surface area contributed by atoms with Crippen LogP contribution in [0.4, 0.5) is 13.2 Å². The van der Waals surface area contributed by atoms with Crippen LogP contribution >= 0.6 is 0 Å². The van der Waals surface area contributed by atoms with Crippen LogP contribution in [-0.4, -0.2) is 14.5 Å². The van der Waals surface area contributed by atoms with Gasteiger partial charge in [-0.3, -0.25) is 14.3 Å². The lowest BCUT2D eigenvalue weighted by atomic mass is 10.1. The number of hydrogen-bond donors (Lipinski definition) is 0. The lowest BCUT2D eigenvalue weighted by molar-refractivity contribution is -0.139. The van der Waals surface area contributed by atoms with Crippen molar-refractivity contribution in [1.29, 1.82) is 0 Å². The average Bonchev–Trinajstić information content (AvgIpc) is 2.73. The van der Waals surface area contributed by atoms with E-state index in [9.17, 15) is 18.0 Å². The Balaban J connectivity index is 1.97. The zero-order chi connectivity index (χ0) is 21.3. The van der Waals surface area contributed by atoms with Gasteiger partial charge in [0, 0.05) is 18.3 Å². The third-order valence-electron chi connectivity index (χ3n) is 4.99. The van der Waals surface area contributed by atoms with Gasteiger partial charge in [-0.1, -0.05) is 54.6 Å². The van der Waals surface area contributed by atoms with Crippen molar-refractivity contribution < 1.29 is 13.2 Å². The van der Waals surface area contributed by atoms with Crippen LogP contribution in [0.25, 0.3) is 22.3 Å². The van der Waals surface area contributed by atoms with Crippen LogP contribution in [0.15, 0.2) is 71.7 Å². The van der Waals surface area contributed by atoms with Crippen LogP contribution in [0, 0.1) is 6.92 Å². The summed E-state index contributed by atoms with van der Waals surface area (Å²) in [6.45, 7) is 2.07. The number of hydrogen-bond acceptors (Lipinski definition) is 3. The number of halogens is 3. The van der Waals surface area contributed by atoms with Crippen molar-refractivity contribution in [2.45, 2.75) is 26.1 Å². The second kappa shape index (κ2) is 7.74. The van der Waals surface area contributed by atoms with Crippen molar-refractivity contribution >= 4 is 10.9 Å². The van der Waals surface area contributed by atoms with Gasteiger partial charge in [0.25, 0.3) is 5.56 Å². The number of aryl methyl sites for hydroxylation is 2. The minimum absolute atomic E-state index is 0.0171. The third kappa shape index (κ3) is 3.70. The zero-order valence-electron chi connectivity index (χ0n) is 16.1. The van der Waals surface area contributed by atoms with Crippen LogP contribution < -0.4 is 5.56 Å². The largest absolute Gasteiger partial charge is 0.434 e. The lowest BCUT2D eigenvalue weighted by Crippen LogP contribution is -2.27. The summed E-state index contributed by atoms with van der Waals surface area (Å²) in [5, 5.41) is -0.504. The van der Waals surface area contributed by atoms with Crippen LogP contribution in [0.2, 0.25) is 0 Å². The summed E-state index contributed by atoms with van der Waals surface area (Å²) in [5.74, 6) is 0.348. The van der Waals surface area contributed by atoms with Gasteiger partial charge in [0.15, 0.2) is 5.69 Å². The molecule has 0 fully saturated rings. The van der Waals surface area contributed by atoms with Crippen LogP contribution in [0.5, 0.6) is 0 Å². The van der Waals surface area contributed by atoms with Gasteiger partial charge in [0.05, 0.1) is 10.9 Å². The molecule has 4 aromatic rings. The predicted molar refractivity (Wildman–Crippen MR) is 109 cm³/mol. The van der Waals surface area contributed by atoms with E-state index in [0.29, 0.717) is 17.8 Å². The molecule has 2 aromatic heterocycles. The molecule has 0 N–H and O–H groups in total. The van der Waals surface area contributed by atoms with E-state index < -0.39 is 22.8 Å². The second-order valence-electron chi connectivity index (χ2n) is 6.99. The van der Waals surface area contributed by atoms with Gasteiger partial charge in [-0.25, -0.2) is 4.98 Å². The first-order valence-electron chi connectivity index (χ1n) is 9.43. The van der Waals surface area contributed by atoms with Gasteiger partial charge in [-0.15, -0.1) is 0 Å². The maximum atomic E-state index is 13.5. The Morgan fingerprint density at radius 2 is 1.67 bits per heavy atom. The van der Waals surface area contributed by atoms with Crippen LogP contribution in [0.1, 0.15) is 16.8 Å². The summed E-state index contributed by atoms with van der Waals surface area (Å²) in [7, 11) is 0. The Hall–Kier alpha value is -3.48. The lowest BCUT2D eigenvalue weighted by Gasteiger charge is -2.17. The highest BCUT2D eigenvalue weighted by molar-refractivity contribution is 5.82. The fourth-order valence-corrected chi connectivity index (χ4v) is 3.50. The van der Waals surface area contributed by atoms with Crippen molar-refractivity contribution in [3.63, 3.8) is 0 Å². The van der Waals surface area contributed by atoms with E-state index in [0.717, 1.165) is 17.3 Å². The molecule has 0 unspecified atom stereocenters. The number of pyridine rings is 1. The van der Waals surface area contributed by atoms with E-state index in [1.807, 2.05) is 61.5 Å². The summed E-state index contributed by atoms with van der Waals surface area (Å²) < 4.78 is 41.9. The molecule has 0 saturated heterocycles. The van der Waals surface area contributed by atoms with E-state index in [1.54, 1.807) is 0 Å². The highest BCUT2D eigenvalue weighted by Crippen LogP contribution is 2.32. The molecule has 0 bridgehead atoms. The molecule has 0 saturated carbocycles. The molecule has 0 radical (unpaired) electrons. The molecule has 152 valence electrons. The van der Waals surface area contributed by atoms with Crippen LogP contribution in [0.3, 0.4) is 0 Å². The second-order valence-corrected chi connectivity index (χ2v) is 6.99. The Bertz CT molecular complexity index is 1260. The molecule has 4 nitrogen and oxygen atoms in total. The SMILES string of the molecule is Cc1ccccc1-c1nc2ccnc(C(F)(F)F)c2c(=O)n1CCc1ccccc1. The Labute approximate surface area is 170 Å². The summed E-state index contributed by atoms with van der Waals surface area (Å²) in [6, 6.07) is 18.2. The topological polar surface area (TPSA) is 47.8 Å². The number of alkyl halides is 3. The zero-order valence-corrected chi connectivity index (χ0v) is 16.1. The first-order valence-corrected chi connectivity index (χ1v) is 9.43. The molecule has 0 aliphatic heterocycles. The summed E-state index contributed by atoms with van der Waals surface area (Å²) >= 11 is 0. The van der Waals surface area contributed by atoms with Gasteiger partial charge in [-0.05, 0) is 30.5 Å². The maximum absolute atomic E-state index is 13.5. The highest BCUT2D eigenvalue weighted by atomic mass is 19.4. The monoisotopic (exact) mass is 409 g/mol. The minimum Gasteiger partial charge on any atom is -0.292 e. The van der Waals surface area contributed by atoms with Gasteiger partial charge in [0.2, 0.25) is 0 Å². The van der Waals surface area contributed by atoms with E-state index in [4.69, 9.17) is 0 Å². The van der Waals surface area contributed by atoms with Crippen molar-refractivity contribution in [3.8, 4) is 11.4 Å². The highest BCUT2D eigenvalue weighted by Gasteiger charge is 2.36. The average molecular weight is 409 g/mol. The molecule has 0 spiro atoms. The summed E-state index contributed by atoms with van der Waals surface area (Å²) in [5.41, 5.74) is 0.591. The molecule has 7 heteroatoms. The van der Waals surface area contributed by atoms with Gasteiger partial charge >= 0.3 is 6.18 Å². The normalized spacial score (nSPS) is 11.7. The molecule has 0 atom stereocenters. The number of fused-ring (bicyclic) bond motifs is 1. The number of benzene rings is 2. The summed E-state index contributed by atoms with van der Waals surface area (Å²) in [4.78, 5) is 21.2. The van der Waals surface area contributed by atoms with Gasteiger partial charge in [0.1, 0.15) is 5.82 Å². The van der Waals surface area contributed by atoms with Crippen molar-refractivity contribution in [2.75, 3.05) is 0 Å². The van der Waals surface area contributed by atoms with Crippen molar-refractivity contribution in [1.82, 2.24) is 14.5 Å². The molecule has 0 aliphatic rings. The third-order valence-corrected chi connectivity index (χ3v) is 4.99. The number of nitrogens with zero attached hydrogens (tertiary/aromatic N) is 3. The van der Waals surface area contributed by atoms with Gasteiger partial charge in [-0.2, -0.15) is 13.2 Å². The van der Waals surface area contributed by atoms with Gasteiger partial charge < -0.3 is 0 Å². The smallest absolute Gasteiger partial charge is 0.292 e. The molecule has 0 amide bonds. The minimum atomic E-state index is -4.75. The molecule has 2 heterocycles. The fourth-order valence-electron chi connectivity index (χ4n) is 3.50. The molecule has 4 rings (SSSR count). The van der Waals surface area contributed by atoms with E-state index in [2.05, 4.69) is 9.97 Å². The van der Waals surface area contributed by atoms with Crippen molar-refractivity contribution in [3.05, 3.63) is 94.0 Å². The fraction of sp³-hybridized carbons (Fsp3) is 0.174. The number of rotatable bonds is 4. The van der Waals surface area contributed by atoms with Crippen LogP contribution in [-0.2, 0) is 19.1 Å². The molecular weight excluding hydrogens is 391 g/mol. The Morgan fingerprint density at radius 3 is 2.37 bits per heavy atom. The molecule has 30 heavy (non-hydrogen) atoms. The van der Waals surface area contributed by atoms with E-state index in [-0.39, 0.29) is 12.1 Å². The summed E-state index contributed by atoms with van der Waals surface area (Å²) in [6.07, 6.45) is -3.23. The van der Waals surface area contributed by atoms with E-state index >= 15 is 0 Å². The standard InChI is InChI=1S/C23H18F3N3O/c1-15-7-5-6-10-17(15)21-28-18-11-13-27-20(23(24,25)26)19(18)22(30)29(21)14-12-16-8-3-2-4-9-16/h2-11,13H,12,14H2,1H3. The maximum Gasteiger partial charge on any atom is 0.434 e. The van der Waals surface area contributed by atoms with Crippen molar-refractivity contribution in [2.24, 2.45) is 0 Å². The number of aromatic nitrogens is 3. The predicted octanol–water partition coefficient (Wildman–Crippen LogP) is 5.03. The first kappa shape index (κ1) is 19.8. The Morgan fingerprint density at radius 1 is 0.967 bits per heavy atom. The molecule has 0 aliphatic carbocycles. The Kier molecular flexibility index (Phi) is 5.11. The molecule has 2 aromatic carbocycles. The quantitative estimate of drug-likeness (QED) is 0.475. The van der Waals surface area contributed by atoms with E-state index in [1.165, 1.54) is 10.6 Å². The molecular formula is C23H18F3N3O.